The molecule has 1 aliphatic carbocycles. The molecule has 1 unspecified atom stereocenters. The first-order valence-electron chi connectivity index (χ1n) is 8.26. The van der Waals surface area contributed by atoms with E-state index in [-0.39, 0.29) is 30.2 Å². The highest BCUT2D eigenvalue weighted by Gasteiger charge is 2.37. The van der Waals surface area contributed by atoms with Crippen LogP contribution in [0.25, 0.3) is 0 Å². The van der Waals surface area contributed by atoms with Crippen molar-refractivity contribution in [3.63, 3.8) is 0 Å². The summed E-state index contributed by atoms with van der Waals surface area (Å²) in [6.07, 6.45) is 1.77. The Hall–Kier alpha value is -1.63. The zero-order valence-electron chi connectivity index (χ0n) is 14.3. The van der Waals surface area contributed by atoms with Crippen molar-refractivity contribution < 1.29 is 17.6 Å². The van der Waals surface area contributed by atoms with Gasteiger partial charge in [0.05, 0.1) is 17.0 Å². The standard InChI is InChI=1S/C17H25FN2O3S/c1-12(2)24(22,23)11-10-19-17(21)20(14-8-9-14)13(3)15-6-4-5-7-16(15)18/h4-7,12-14H,8-11H2,1-3H3,(H,19,21). The minimum Gasteiger partial charge on any atom is -0.337 e. The van der Waals surface area contributed by atoms with Crippen LogP contribution in [0.3, 0.4) is 0 Å². The second kappa shape index (κ2) is 7.51. The molecule has 5 nitrogen and oxygen atoms in total. The molecule has 1 atom stereocenters. The fourth-order valence-electron chi connectivity index (χ4n) is 2.60. The molecular formula is C17H25FN2O3S. The first-order valence-corrected chi connectivity index (χ1v) is 9.97. The van der Waals surface area contributed by atoms with Gasteiger partial charge < -0.3 is 10.2 Å². The number of halogens is 1. The van der Waals surface area contributed by atoms with Crippen molar-refractivity contribution in [3.05, 3.63) is 35.6 Å². The summed E-state index contributed by atoms with van der Waals surface area (Å²) >= 11 is 0. The molecule has 1 aromatic carbocycles. The smallest absolute Gasteiger partial charge is 0.318 e. The van der Waals surface area contributed by atoms with Crippen molar-refractivity contribution in [2.24, 2.45) is 0 Å². The third-order valence-corrected chi connectivity index (χ3v) is 6.54. The molecule has 7 heteroatoms. The number of carbonyl (C=O) groups is 1. The van der Waals surface area contributed by atoms with Crippen LogP contribution in [0.1, 0.15) is 45.2 Å². The van der Waals surface area contributed by atoms with E-state index < -0.39 is 21.1 Å². The highest BCUT2D eigenvalue weighted by Crippen LogP contribution is 2.35. The van der Waals surface area contributed by atoms with Gasteiger partial charge in [0, 0.05) is 18.2 Å². The van der Waals surface area contributed by atoms with E-state index in [1.807, 2.05) is 0 Å². The lowest BCUT2D eigenvalue weighted by Crippen LogP contribution is -2.44. The Morgan fingerprint density at radius 1 is 1.29 bits per heavy atom. The van der Waals surface area contributed by atoms with Crippen molar-refractivity contribution >= 4 is 15.9 Å². The number of hydrogen-bond acceptors (Lipinski definition) is 3. The van der Waals surface area contributed by atoms with E-state index in [1.165, 1.54) is 6.07 Å². The molecule has 0 aromatic heterocycles. The molecule has 0 heterocycles. The third-order valence-electron chi connectivity index (χ3n) is 4.33. The molecule has 134 valence electrons. The van der Waals surface area contributed by atoms with Gasteiger partial charge in [0.2, 0.25) is 0 Å². The maximum absolute atomic E-state index is 14.0. The van der Waals surface area contributed by atoms with Crippen molar-refractivity contribution in [2.75, 3.05) is 12.3 Å². The maximum Gasteiger partial charge on any atom is 0.318 e. The number of rotatable bonds is 7. The van der Waals surface area contributed by atoms with Gasteiger partial charge in [-0.3, -0.25) is 0 Å². The van der Waals surface area contributed by atoms with Crippen LogP contribution >= 0.6 is 0 Å². The first-order chi connectivity index (χ1) is 11.2. The van der Waals surface area contributed by atoms with Crippen molar-refractivity contribution in [1.29, 1.82) is 0 Å². The molecule has 0 bridgehead atoms. The molecule has 1 saturated carbocycles. The molecule has 1 aliphatic rings. The zero-order valence-corrected chi connectivity index (χ0v) is 15.1. The number of nitrogens with one attached hydrogen (secondary N) is 1. The zero-order chi connectivity index (χ0) is 17.9. The van der Waals surface area contributed by atoms with E-state index in [0.717, 1.165) is 12.8 Å². The van der Waals surface area contributed by atoms with Gasteiger partial charge in [-0.15, -0.1) is 0 Å². The van der Waals surface area contributed by atoms with E-state index in [9.17, 15) is 17.6 Å². The summed E-state index contributed by atoms with van der Waals surface area (Å²) in [7, 11) is -3.20. The van der Waals surface area contributed by atoms with Gasteiger partial charge in [-0.05, 0) is 39.7 Å². The van der Waals surface area contributed by atoms with E-state index in [2.05, 4.69) is 5.32 Å². The topological polar surface area (TPSA) is 66.5 Å². The van der Waals surface area contributed by atoms with Crippen LogP contribution in [-0.4, -0.2) is 42.9 Å². The third kappa shape index (κ3) is 4.47. The number of nitrogens with zero attached hydrogens (tertiary/aromatic N) is 1. The summed E-state index contributed by atoms with van der Waals surface area (Å²) in [5, 5.41) is 2.20. The average Bonchev–Trinajstić information content (AvgIpc) is 3.32. The molecule has 24 heavy (non-hydrogen) atoms. The van der Waals surface area contributed by atoms with Gasteiger partial charge in [0.25, 0.3) is 0 Å². The number of amides is 2. The van der Waals surface area contributed by atoms with E-state index >= 15 is 0 Å². The van der Waals surface area contributed by atoms with E-state index in [4.69, 9.17) is 0 Å². The normalized spacial score (nSPS) is 16.0. The molecular weight excluding hydrogens is 331 g/mol. The molecule has 0 saturated heterocycles. The summed E-state index contributed by atoms with van der Waals surface area (Å²) < 4.78 is 37.6. The number of benzene rings is 1. The lowest BCUT2D eigenvalue weighted by molar-refractivity contribution is 0.174. The fraction of sp³-hybridized carbons (Fsp3) is 0.588. The Morgan fingerprint density at radius 3 is 2.46 bits per heavy atom. The van der Waals surface area contributed by atoms with Gasteiger partial charge in [-0.1, -0.05) is 18.2 Å². The van der Waals surface area contributed by atoms with Gasteiger partial charge in [-0.25, -0.2) is 17.6 Å². The number of urea groups is 1. The summed E-state index contributed by atoms with van der Waals surface area (Å²) in [6.45, 7) is 5.09. The summed E-state index contributed by atoms with van der Waals surface area (Å²) in [5.74, 6) is -0.436. The summed E-state index contributed by atoms with van der Waals surface area (Å²) in [5.41, 5.74) is 0.467. The Labute approximate surface area is 143 Å². The fourth-order valence-corrected chi connectivity index (χ4v) is 3.46. The van der Waals surface area contributed by atoms with Gasteiger partial charge in [0.1, 0.15) is 5.82 Å². The largest absolute Gasteiger partial charge is 0.337 e. The van der Waals surface area contributed by atoms with E-state index in [1.54, 1.807) is 43.9 Å². The number of hydrogen-bond donors (Lipinski definition) is 1. The Morgan fingerprint density at radius 2 is 1.92 bits per heavy atom. The Kier molecular flexibility index (Phi) is 5.85. The van der Waals surface area contributed by atoms with Crippen LogP contribution in [0.2, 0.25) is 0 Å². The van der Waals surface area contributed by atoms with Crippen molar-refractivity contribution in [2.45, 2.75) is 50.9 Å². The van der Waals surface area contributed by atoms with Gasteiger partial charge >= 0.3 is 6.03 Å². The monoisotopic (exact) mass is 356 g/mol. The predicted molar refractivity (Wildman–Crippen MR) is 92.0 cm³/mol. The SMILES string of the molecule is CC(c1ccccc1F)N(C(=O)NCCS(=O)(=O)C(C)C)C1CC1. The highest BCUT2D eigenvalue weighted by molar-refractivity contribution is 7.92. The first kappa shape index (κ1) is 18.7. The lowest BCUT2D eigenvalue weighted by atomic mass is 10.1. The van der Waals surface area contributed by atoms with Crippen LogP contribution < -0.4 is 5.32 Å². The molecule has 2 rings (SSSR count). The quantitative estimate of drug-likeness (QED) is 0.817. The molecule has 0 spiro atoms. The van der Waals surface area contributed by atoms with E-state index in [0.29, 0.717) is 5.56 Å². The molecule has 0 aliphatic heterocycles. The number of sulfone groups is 1. The second-order valence-electron chi connectivity index (χ2n) is 6.48. The van der Waals surface area contributed by atoms with Crippen molar-refractivity contribution in [3.8, 4) is 0 Å². The van der Waals surface area contributed by atoms with Crippen LogP contribution in [0.4, 0.5) is 9.18 Å². The molecule has 0 radical (unpaired) electrons. The molecule has 1 N–H and O–H groups in total. The molecule has 1 fully saturated rings. The summed E-state index contributed by atoms with van der Waals surface area (Å²) in [6, 6.07) is 5.75. The Balaban J connectivity index is 2.03. The summed E-state index contributed by atoms with van der Waals surface area (Å²) in [4.78, 5) is 14.1. The van der Waals surface area contributed by atoms with Crippen LogP contribution in [0.5, 0.6) is 0 Å². The van der Waals surface area contributed by atoms with Gasteiger partial charge in [-0.2, -0.15) is 0 Å². The second-order valence-corrected chi connectivity index (χ2v) is 9.16. The van der Waals surface area contributed by atoms with Crippen LogP contribution in [0, 0.1) is 5.82 Å². The van der Waals surface area contributed by atoms with Crippen LogP contribution in [-0.2, 0) is 9.84 Å². The average molecular weight is 356 g/mol. The minimum atomic E-state index is -3.20. The lowest BCUT2D eigenvalue weighted by Gasteiger charge is -2.30. The molecule has 2 amide bonds. The Bertz CT molecular complexity index is 687. The minimum absolute atomic E-state index is 0.0621. The highest BCUT2D eigenvalue weighted by atomic mass is 32.2. The van der Waals surface area contributed by atoms with Crippen molar-refractivity contribution in [1.82, 2.24) is 10.2 Å². The molecule has 1 aromatic rings. The van der Waals surface area contributed by atoms with Crippen LogP contribution in [0.15, 0.2) is 24.3 Å². The predicted octanol–water partition coefficient (Wildman–Crippen LogP) is 2.88. The maximum atomic E-state index is 14.0. The van der Waals surface area contributed by atoms with Gasteiger partial charge in [0.15, 0.2) is 9.84 Å². The number of carbonyl (C=O) groups excluding carboxylic acids is 1.